The standard InChI is InChI=1S/C8H15Si/c1-6-4-8(2,3)5-7(6)9/h6-7H,4-5H2,1-3H3. The fourth-order valence-electron chi connectivity index (χ4n) is 1.89. The molecule has 1 aliphatic rings. The molecule has 2 unspecified atom stereocenters. The first-order chi connectivity index (χ1) is 4.01. The third-order valence-electron chi connectivity index (χ3n) is 2.33. The summed E-state index contributed by atoms with van der Waals surface area (Å²) in [5.74, 6) is 0.872. The number of rotatable bonds is 0. The molecule has 2 atom stereocenters. The van der Waals surface area contributed by atoms with Gasteiger partial charge in [-0.2, -0.15) is 0 Å². The lowest BCUT2D eigenvalue weighted by Crippen LogP contribution is -2.03. The van der Waals surface area contributed by atoms with Crippen LogP contribution in [0.1, 0.15) is 33.6 Å². The van der Waals surface area contributed by atoms with Crippen LogP contribution in [0.2, 0.25) is 5.54 Å². The van der Waals surface area contributed by atoms with Crippen molar-refractivity contribution in [2.24, 2.45) is 11.3 Å². The van der Waals surface area contributed by atoms with E-state index in [1.54, 1.807) is 0 Å². The van der Waals surface area contributed by atoms with Gasteiger partial charge in [-0.25, -0.2) is 0 Å². The topological polar surface area (TPSA) is 0 Å². The lowest BCUT2D eigenvalue weighted by Gasteiger charge is -2.15. The maximum absolute atomic E-state index is 3.73. The molecule has 0 heterocycles. The number of hydrogen-bond acceptors (Lipinski definition) is 0. The molecule has 1 rings (SSSR count). The molecule has 0 N–H and O–H groups in total. The van der Waals surface area contributed by atoms with E-state index in [1.165, 1.54) is 12.8 Å². The van der Waals surface area contributed by atoms with Crippen molar-refractivity contribution in [2.45, 2.75) is 39.2 Å². The summed E-state index contributed by atoms with van der Waals surface area (Å²) < 4.78 is 0. The maximum Gasteiger partial charge on any atom is 0.0270 e. The van der Waals surface area contributed by atoms with Crippen molar-refractivity contribution in [1.29, 1.82) is 0 Å². The minimum Gasteiger partial charge on any atom is -0.0625 e. The third kappa shape index (κ3) is 1.57. The summed E-state index contributed by atoms with van der Waals surface area (Å²) in [4.78, 5) is 0. The van der Waals surface area contributed by atoms with Gasteiger partial charge in [0, 0.05) is 10.2 Å². The summed E-state index contributed by atoms with van der Waals surface area (Å²) in [7, 11) is 3.73. The van der Waals surface area contributed by atoms with Crippen LogP contribution < -0.4 is 0 Å². The lowest BCUT2D eigenvalue weighted by atomic mass is 9.91. The molecule has 0 aromatic carbocycles. The Morgan fingerprint density at radius 1 is 1.33 bits per heavy atom. The molecule has 3 radical (unpaired) electrons. The summed E-state index contributed by atoms with van der Waals surface area (Å²) in [5.41, 5.74) is 1.35. The van der Waals surface area contributed by atoms with E-state index in [1.807, 2.05) is 0 Å². The molecule has 1 saturated carbocycles. The van der Waals surface area contributed by atoms with Gasteiger partial charge < -0.3 is 0 Å². The van der Waals surface area contributed by atoms with E-state index in [-0.39, 0.29) is 0 Å². The highest BCUT2D eigenvalue weighted by Crippen LogP contribution is 2.46. The summed E-state index contributed by atoms with van der Waals surface area (Å²) >= 11 is 0. The molecule has 0 amide bonds. The van der Waals surface area contributed by atoms with Crippen molar-refractivity contribution >= 4 is 10.2 Å². The van der Waals surface area contributed by atoms with Gasteiger partial charge in [0.15, 0.2) is 0 Å². The Kier molecular flexibility index (Phi) is 1.72. The molecule has 0 aromatic rings. The Hall–Kier alpha value is 0.217. The van der Waals surface area contributed by atoms with Crippen molar-refractivity contribution in [3.8, 4) is 0 Å². The second-order valence-electron chi connectivity index (χ2n) is 4.16. The predicted molar refractivity (Wildman–Crippen MR) is 41.7 cm³/mol. The molecule has 0 aromatic heterocycles. The Bertz CT molecular complexity index is 95.1. The zero-order valence-corrected chi connectivity index (χ0v) is 7.57. The van der Waals surface area contributed by atoms with E-state index in [0.29, 0.717) is 5.41 Å². The molecular formula is C8H15Si. The highest BCUT2D eigenvalue weighted by Gasteiger charge is 2.33. The molecule has 1 fully saturated rings. The third-order valence-corrected chi connectivity index (χ3v) is 3.11. The van der Waals surface area contributed by atoms with Gasteiger partial charge in [-0.15, -0.1) is 0 Å². The van der Waals surface area contributed by atoms with Gasteiger partial charge in [-0.1, -0.05) is 20.8 Å². The number of hydrogen-bond donors (Lipinski definition) is 0. The van der Waals surface area contributed by atoms with Gasteiger partial charge in [-0.05, 0) is 29.7 Å². The second kappa shape index (κ2) is 2.12. The van der Waals surface area contributed by atoms with E-state index in [0.717, 1.165) is 11.5 Å². The quantitative estimate of drug-likeness (QED) is 0.452. The molecule has 9 heavy (non-hydrogen) atoms. The van der Waals surface area contributed by atoms with E-state index < -0.39 is 0 Å². The first kappa shape index (κ1) is 7.33. The monoisotopic (exact) mass is 139 g/mol. The van der Waals surface area contributed by atoms with E-state index in [4.69, 9.17) is 0 Å². The first-order valence-electron chi connectivity index (χ1n) is 3.72. The smallest absolute Gasteiger partial charge is 0.0270 e. The summed E-state index contributed by atoms with van der Waals surface area (Å²) in [6.45, 7) is 7.03. The minimum atomic E-state index is 0.589. The largest absolute Gasteiger partial charge is 0.0625 e. The molecule has 51 valence electrons. The van der Waals surface area contributed by atoms with Crippen molar-refractivity contribution in [2.75, 3.05) is 0 Å². The zero-order valence-electron chi connectivity index (χ0n) is 6.57. The fourth-order valence-corrected chi connectivity index (χ4v) is 2.56. The van der Waals surface area contributed by atoms with Crippen molar-refractivity contribution < 1.29 is 0 Å². The van der Waals surface area contributed by atoms with Crippen LogP contribution in [0.25, 0.3) is 0 Å². The Labute approximate surface area is 61.5 Å². The Morgan fingerprint density at radius 3 is 2.00 bits per heavy atom. The molecule has 0 saturated heterocycles. The predicted octanol–water partition coefficient (Wildman–Crippen LogP) is 2.40. The van der Waals surface area contributed by atoms with E-state index in [2.05, 4.69) is 31.0 Å². The van der Waals surface area contributed by atoms with Crippen LogP contribution in [-0.4, -0.2) is 10.2 Å². The molecule has 0 spiro atoms. The Balaban J connectivity index is 2.54. The van der Waals surface area contributed by atoms with Crippen molar-refractivity contribution in [1.82, 2.24) is 0 Å². The normalized spacial score (nSPS) is 41.3. The van der Waals surface area contributed by atoms with E-state index in [9.17, 15) is 0 Å². The van der Waals surface area contributed by atoms with Crippen molar-refractivity contribution in [3.05, 3.63) is 0 Å². The second-order valence-corrected chi connectivity index (χ2v) is 4.90. The molecule has 0 aliphatic heterocycles. The van der Waals surface area contributed by atoms with Crippen LogP contribution in [0.4, 0.5) is 0 Å². The molecular weight excluding hydrogens is 124 g/mol. The fraction of sp³-hybridized carbons (Fsp3) is 1.00. The van der Waals surface area contributed by atoms with Crippen LogP contribution in [0, 0.1) is 11.3 Å². The van der Waals surface area contributed by atoms with Gasteiger partial charge in [-0.3, -0.25) is 0 Å². The molecule has 0 nitrogen and oxygen atoms in total. The SMILES string of the molecule is CC1CC(C)(C)CC1[Si]. The van der Waals surface area contributed by atoms with Gasteiger partial charge in [0.25, 0.3) is 0 Å². The first-order valence-corrected chi connectivity index (χ1v) is 4.30. The van der Waals surface area contributed by atoms with Gasteiger partial charge in [0.2, 0.25) is 0 Å². The van der Waals surface area contributed by atoms with Crippen LogP contribution in [0.5, 0.6) is 0 Å². The summed E-state index contributed by atoms with van der Waals surface area (Å²) in [6, 6.07) is 0. The molecule has 0 bridgehead atoms. The van der Waals surface area contributed by atoms with Crippen LogP contribution in [-0.2, 0) is 0 Å². The maximum atomic E-state index is 3.73. The highest BCUT2D eigenvalue weighted by molar-refractivity contribution is 6.12. The lowest BCUT2D eigenvalue weighted by molar-refractivity contribution is 0.366. The van der Waals surface area contributed by atoms with Crippen LogP contribution >= 0.6 is 0 Å². The minimum absolute atomic E-state index is 0.589. The average Bonchev–Trinajstić information content (AvgIpc) is 1.79. The molecule has 1 aliphatic carbocycles. The van der Waals surface area contributed by atoms with Crippen LogP contribution in [0.15, 0.2) is 0 Å². The summed E-state index contributed by atoms with van der Waals surface area (Å²) in [6.07, 6.45) is 2.71. The average molecular weight is 139 g/mol. The summed E-state index contributed by atoms with van der Waals surface area (Å²) in [5, 5.41) is 0. The highest BCUT2D eigenvalue weighted by atomic mass is 28.1. The van der Waals surface area contributed by atoms with Gasteiger partial charge in [0.05, 0.1) is 0 Å². The van der Waals surface area contributed by atoms with Crippen LogP contribution in [0.3, 0.4) is 0 Å². The van der Waals surface area contributed by atoms with Gasteiger partial charge >= 0.3 is 0 Å². The Morgan fingerprint density at radius 2 is 1.89 bits per heavy atom. The zero-order chi connectivity index (χ0) is 7.07. The van der Waals surface area contributed by atoms with Crippen molar-refractivity contribution in [3.63, 3.8) is 0 Å². The van der Waals surface area contributed by atoms with Gasteiger partial charge in [0.1, 0.15) is 0 Å². The van der Waals surface area contributed by atoms with E-state index >= 15 is 0 Å². The molecule has 1 heteroatoms.